The largest absolute Gasteiger partial charge is 0.390 e. The van der Waals surface area contributed by atoms with E-state index in [1.807, 2.05) is 5.32 Å². The Hall–Kier alpha value is -0.970. The molecule has 0 aromatic heterocycles. The molecule has 2 N–H and O–H groups in total. The molecule has 3 nitrogen and oxygen atoms in total. The number of carbonyl (C=O) groups excluding carboxylic acids is 1. The van der Waals surface area contributed by atoms with E-state index < -0.39 is 25.0 Å². The molecule has 0 fully saturated rings. The van der Waals surface area contributed by atoms with Gasteiger partial charge in [0.15, 0.2) is 0 Å². The van der Waals surface area contributed by atoms with Gasteiger partial charge in [-0.1, -0.05) is 5.57 Å². The maximum atomic E-state index is 12.4. The summed E-state index contributed by atoms with van der Waals surface area (Å²) in [5.41, 5.74) is 0.727. The van der Waals surface area contributed by atoms with Crippen molar-refractivity contribution in [2.24, 2.45) is 0 Å². The fraction of sp³-hybridized carbons (Fsp3) is 0.625. The highest BCUT2D eigenvalue weighted by Gasteiger charge is 2.27. The average Bonchev–Trinajstić information content (AvgIpc) is 2.00. The molecular weight excluding hydrogens is 180 g/mol. The number of hydrogen-bond acceptors (Lipinski definition) is 2. The Morgan fingerprint density at radius 1 is 1.54 bits per heavy atom. The number of nitrogens with one attached hydrogen (secondary N) is 1. The first-order valence-electron chi connectivity index (χ1n) is 3.79. The molecule has 0 aromatic rings. The molecule has 0 spiro atoms. The van der Waals surface area contributed by atoms with Crippen molar-refractivity contribution in [3.8, 4) is 0 Å². The second kappa shape index (κ2) is 4.91. The summed E-state index contributed by atoms with van der Waals surface area (Å²) in [6.45, 7) is 1.27. The lowest BCUT2D eigenvalue weighted by molar-refractivity contribution is -0.119. The molecule has 0 bridgehead atoms. The van der Waals surface area contributed by atoms with Gasteiger partial charge in [0.25, 0.3) is 5.92 Å². The van der Waals surface area contributed by atoms with Crippen molar-refractivity contribution >= 4 is 5.91 Å². The highest BCUT2D eigenvalue weighted by molar-refractivity contribution is 5.88. The van der Waals surface area contributed by atoms with E-state index in [0.717, 1.165) is 5.57 Å². The predicted molar refractivity (Wildman–Crippen MR) is 44.5 cm³/mol. The van der Waals surface area contributed by atoms with Crippen LogP contribution in [0.5, 0.6) is 0 Å². The van der Waals surface area contributed by atoms with E-state index in [1.54, 1.807) is 13.8 Å². The molecule has 0 aliphatic carbocycles. The molecule has 0 atom stereocenters. The number of aliphatic hydroxyl groups excluding tert-OH is 1. The minimum atomic E-state index is -3.24. The minimum Gasteiger partial charge on any atom is -0.390 e. The van der Waals surface area contributed by atoms with E-state index in [0.29, 0.717) is 0 Å². The van der Waals surface area contributed by atoms with Crippen LogP contribution in [-0.2, 0) is 4.79 Å². The van der Waals surface area contributed by atoms with Crippen LogP contribution >= 0.6 is 0 Å². The summed E-state index contributed by atoms with van der Waals surface area (Å²) in [4.78, 5) is 10.8. The van der Waals surface area contributed by atoms with Gasteiger partial charge in [-0.2, -0.15) is 0 Å². The summed E-state index contributed by atoms with van der Waals surface area (Å²) in [7, 11) is 0. The maximum Gasteiger partial charge on any atom is 0.287 e. The van der Waals surface area contributed by atoms with Gasteiger partial charge in [-0.05, 0) is 13.8 Å². The summed E-state index contributed by atoms with van der Waals surface area (Å²) in [5, 5.41) is 10.2. The fourth-order valence-electron chi connectivity index (χ4n) is 0.586. The van der Waals surface area contributed by atoms with Crippen molar-refractivity contribution in [2.45, 2.75) is 19.8 Å². The second-order valence-electron chi connectivity index (χ2n) is 2.95. The van der Waals surface area contributed by atoms with E-state index >= 15 is 0 Å². The normalized spacial score (nSPS) is 10.8. The van der Waals surface area contributed by atoms with Gasteiger partial charge in [-0.25, -0.2) is 8.78 Å². The third-order valence-electron chi connectivity index (χ3n) is 1.17. The van der Waals surface area contributed by atoms with Crippen LogP contribution in [0, 0.1) is 0 Å². The third kappa shape index (κ3) is 6.21. The zero-order valence-electron chi connectivity index (χ0n) is 7.60. The Kier molecular flexibility index (Phi) is 4.55. The minimum absolute atomic E-state index is 0.576. The van der Waals surface area contributed by atoms with E-state index in [4.69, 9.17) is 5.11 Å². The Bertz CT molecular complexity index is 210. The molecule has 0 saturated carbocycles. The van der Waals surface area contributed by atoms with Crippen LogP contribution in [0.15, 0.2) is 11.6 Å². The summed E-state index contributed by atoms with van der Waals surface area (Å²) < 4.78 is 24.7. The average molecular weight is 193 g/mol. The summed E-state index contributed by atoms with van der Waals surface area (Å²) in [6, 6.07) is 0. The standard InChI is InChI=1S/C8H13F2NO2/c1-6(2)3-7(13)11-4-8(9,10)5-12/h3,12H,4-5H2,1-2H3,(H,11,13). The van der Waals surface area contributed by atoms with Gasteiger partial charge in [0, 0.05) is 6.08 Å². The lowest BCUT2D eigenvalue weighted by Crippen LogP contribution is -2.38. The Morgan fingerprint density at radius 3 is 2.46 bits per heavy atom. The highest BCUT2D eigenvalue weighted by atomic mass is 19.3. The van der Waals surface area contributed by atoms with Crippen LogP contribution in [0.25, 0.3) is 0 Å². The van der Waals surface area contributed by atoms with E-state index in [9.17, 15) is 13.6 Å². The Labute approximate surface area is 75.4 Å². The SMILES string of the molecule is CC(C)=CC(=O)NCC(F)(F)CO. The van der Waals surface area contributed by atoms with Gasteiger partial charge in [0.2, 0.25) is 5.91 Å². The first-order chi connectivity index (χ1) is 5.87. The molecule has 0 aliphatic heterocycles. The van der Waals surface area contributed by atoms with Crippen molar-refractivity contribution < 1.29 is 18.7 Å². The lowest BCUT2D eigenvalue weighted by atomic mass is 10.3. The number of hydrogen-bond donors (Lipinski definition) is 2. The quantitative estimate of drug-likeness (QED) is 0.645. The summed E-state index contributed by atoms with van der Waals surface area (Å²) in [5.74, 6) is -3.82. The highest BCUT2D eigenvalue weighted by Crippen LogP contribution is 2.09. The van der Waals surface area contributed by atoms with Crippen molar-refractivity contribution in [3.63, 3.8) is 0 Å². The first kappa shape index (κ1) is 12.0. The number of amides is 1. The molecule has 0 rings (SSSR count). The smallest absolute Gasteiger partial charge is 0.287 e. The molecule has 0 aromatic carbocycles. The Balaban J connectivity index is 3.90. The third-order valence-corrected chi connectivity index (χ3v) is 1.17. The summed E-state index contributed by atoms with van der Waals surface area (Å²) >= 11 is 0. The fourth-order valence-corrected chi connectivity index (χ4v) is 0.586. The van der Waals surface area contributed by atoms with E-state index in [2.05, 4.69) is 0 Å². The van der Waals surface area contributed by atoms with Crippen molar-refractivity contribution in [2.75, 3.05) is 13.2 Å². The van der Waals surface area contributed by atoms with E-state index in [-0.39, 0.29) is 0 Å². The van der Waals surface area contributed by atoms with Crippen molar-refractivity contribution in [1.29, 1.82) is 0 Å². The van der Waals surface area contributed by atoms with Gasteiger partial charge in [0.05, 0.1) is 6.54 Å². The van der Waals surface area contributed by atoms with Crippen LogP contribution in [0.1, 0.15) is 13.8 Å². The summed E-state index contributed by atoms with van der Waals surface area (Å²) in [6.07, 6.45) is 1.22. The molecular formula is C8H13F2NO2. The lowest BCUT2D eigenvalue weighted by Gasteiger charge is -2.12. The zero-order chi connectivity index (χ0) is 10.5. The number of aliphatic hydroxyl groups is 1. The van der Waals surface area contributed by atoms with Gasteiger partial charge >= 0.3 is 0 Å². The first-order valence-corrected chi connectivity index (χ1v) is 3.79. The second-order valence-corrected chi connectivity index (χ2v) is 2.95. The number of alkyl halides is 2. The predicted octanol–water partition coefficient (Wildman–Crippen LogP) is 0.696. The van der Waals surface area contributed by atoms with E-state index in [1.165, 1.54) is 6.08 Å². The van der Waals surface area contributed by atoms with Crippen LogP contribution in [0.3, 0.4) is 0 Å². The van der Waals surface area contributed by atoms with Gasteiger partial charge in [-0.15, -0.1) is 0 Å². The molecule has 1 amide bonds. The molecule has 5 heteroatoms. The molecule has 0 radical (unpaired) electrons. The number of carbonyl (C=O) groups is 1. The van der Waals surface area contributed by atoms with Crippen molar-refractivity contribution in [3.05, 3.63) is 11.6 Å². The van der Waals surface area contributed by atoms with Crippen LogP contribution in [-0.4, -0.2) is 30.1 Å². The maximum absolute atomic E-state index is 12.4. The monoisotopic (exact) mass is 193 g/mol. The molecule has 13 heavy (non-hydrogen) atoms. The van der Waals surface area contributed by atoms with Crippen molar-refractivity contribution in [1.82, 2.24) is 5.32 Å². The van der Waals surface area contributed by atoms with Gasteiger partial charge < -0.3 is 10.4 Å². The van der Waals surface area contributed by atoms with Gasteiger partial charge in [0.1, 0.15) is 6.61 Å². The van der Waals surface area contributed by atoms with Crippen LogP contribution < -0.4 is 5.32 Å². The van der Waals surface area contributed by atoms with Crippen LogP contribution in [0.4, 0.5) is 8.78 Å². The Morgan fingerprint density at radius 2 is 2.08 bits per heavy atom. The zero-order valence-corrected chi connectivity index (χ0v) is 7.60. The van der Waals surface area contributed by atoms with Gasteiger partial charge in [-0.3, -0.25) is 4.79 Å². The number of allylic oxidation sites excluding steroid dienone is 1. The molecule has 0 saturated heterocycles. The number of rotatable bonds is 4. The number of halogens is 2. The molecule has 0 heterocycles. The molecule has 0 aliphatic rings. The molecule has 0 unspecified atom stereocenters. The topological polar surface area (TPSA) is 49.3 Å². The van der Waals surface area contributed by atoms with Crippen LogP contribution in [0.2, 0.25) is 0 Å². The molecule has 76 valence electrons.